The Hall–Kier alpha value is -1.93. The number of anilines is 1. The second-order valence-corrected chi connectivity index (χ2v) is 7.61. The smallest absolute Gasteiger partial charge is 0.272 e. The zero-order chi connectivity index (χ0) is 19.4. The molecule has 0 aliphatic heterocycles. The van der Waals surface area contributed by atoms with Gasteiger partial charge in [0.2, 0.25) is 0 Å². The van der Waals surface area contributed by atoms with E-state index in [1.807, 2.05) is 13.0 Å². The summed E-state index contributed by atoms with van der Waals surface area (Å²) < 4.78 is 5.04. The van der Waals surface area contributed by atoms with Gasteiger partial charge in [0.25, 0.3) is 5.91 Å². The zero-order valence-corrected chi connectivity index (χ0v) is 17.0. The summed E-state index contributed by atoms with van der Waals surface area (Å²) in [5, 5.41) is 5.47. The maximum absolute atomic E-state index is 12.6. The lowest BCUT2D eigenvalue weighted by Crippen LogP contribution is -2.30. The third kappa shape index (κ3) is 5.07. The first-order valence-electron chi connectivity index (χ1n) is 7.65. The number of pyridine rings is 1. The number of benzene rings is 1. The van der Waals surface area contributed by atoms with Gasteiger partial charge in [-0.15, -0.1) is 0 Å². The minimum absolute atomic E-state index is 0.287. The van der Waals surface area contributed by atoms with Crippen LogP contribution in [-0.2, 0) is 5.75 Å². The summed E-state index contributed by atoms with van der Waals surface area (Å²) in [5.41, 5.74) is 6.82. The molecule has 2 heterocycles. The molecule has 0 aliphatic rings. The summed E-state index contributed by atoms with van der Waals surface area (Å²) >= 11 is 19.5. The molecule has 0 saturated carbocycles. The lowest BCUT2D eigenvalue weighted by atomic mass is 10.3. The number of aromatic nitrogens is 2. The molecule has 10 heteroatoms. The number of aryl methyl sites for hydroxylation is 1. The molecule has 3 rings (SSSR count). The SMILES string of the molecule is Cc1cc(CSc2ncccc2C(=O)NNc2c(Cl)cc(Cl)cc2Cl)no1. The standard InChI is InChI=1S/C17H13Cl3N4O2S/c1-9-5-11(24-26-9)8-27-17-12(3-2-4-21-17)16(25)23-22-15-13(19)6-10(18)7-14(15)20/h2-7,22H,8H2,1H3,(H,23,25). The summed E-state index contributed by atoms with van der Waals surface area (Å²) in [6.07, 6.45) is 1.62. The highest BCUT2D eigenvalue weighted by Gasteiger charge is 2.15. The Morgan fingerprint density at radius 3 is 2.63 bits per heavy atom. The fraction of sp³-hybridized carbons (Fsp3) is 0.118. The summed E-state index contributed by atoms with van der Waals surface area (Å²) in [7, 11) is 0. The molecular formula is C17H13Cl3N4O2S. The molecule has 2 aromatic heterocycles. The Morgan fingerprint density at radius 2 is 1.96 bits per heavy atom. The van der Waals surface area contributed by atoms with Crippen LogP contribution >= 0.6 is 46.6 Å². The second kappa shape index (κ2) is 8.84. The molecule has 0 unspecified atom stereocenters. The van der Waals surface area contributed by atoms with Crippen molar-refractivity contribution in [2.75, 3.05) is 5.43 Å². The number of amides is 1. The van der Waals surface area contributed by atoms with E-state index in [2.05, 4.69) is 21.0 Å². The largest absolute Gasteiger partial charge is 0.361 e. The van der Waals surface area contributed by atoms with E-state index in [4.69, 9.17) is 39.3 Å². The second-order valence-electron chi connectivity index (χ2n) is 5.40. The molecule has 0 aliphatic carbocycles. The van der Waals surface area contributed by atoms with Crippen LogP contribution in [-0.4, -0.2) is 16.0 Å². The predicted molar refractivity (Wildman–Crippen MR) is 108 cm³/mol. The Bertz CT molecular complexity index is 957. The monoisotopic (exact) mass is 442 g/mol. The van der Waals surface area contributed by atoms with Crippen LogP contribution in [0.5, 0.6) is 0 Å². The molecule has 0 radical (unpaired) electrons. The van der Waals surface area contributed by atoms with Crippen molar-refractivity contribution in [2.45, 2.75) is 17.7 Å². The number of halogens is 3. The molecule has 0 spiro atoms. The Morgan fingerprint density at radius 1 is 1.22 bits per heavy atom. The van der Waals surface area contributed by atoms with Gasteiger partial charge in [-0.25, -0.2) is 4.98 Å². The molecule has 2 N–H and O–H groups in total. The van der Waals surface area contributed by atoms with Crippen molar-refractivity contribution in [3.05, 3.63) is 68.6 Å². The average molecular weight is 444 g/mol. The first-order chi connectivity index (χ1) is 12.9. The lowest BCUT2D eigenvalue weighted by molar-refractivity contribution is 0.0959. The molecule has 0 atom stereocenters. The first-order valence-corrected chi connectivity index (χ1v) is 9.77. The number of thioether (sulfide) groups is 1. The summed E-state index contributed by atoms with van der Waals surface area (Å²) in [6, 6.07) is 8.23. The Kier molecular flexibility index (Phi) is 6.49. The van der Waals surface area contributed by atoms with Crippen LogP contribution in [0.15, 0.2) is 46.1 Å². The summed E-state index contributed by atoms with van der Waals surface area (Å²) in [5.74, 6) is 0.867. The highest BCUT2D eigenvalue weighted by atomic mass is 35.5. The van der Waals surface area contributed by atoms with Gasteiger partial charge in [-0.3, -0.25) is 15.6 Å². The normalized spacial score (nSPS) is 10.7. The van der Waals surface area contributed by atoms with Gasteiger partial charge in [-0.2, -0.15) is 0 Å². The Labute approximate surface area is 174 Å². The number of nitrogens with zero attached hydrogens (tertiary/aromatic N) is 2. The molecule has 0 bridgehead atoms. The van der Waals surface area contributed by atoms with Crippen molar-refractivity contribution in [1.29, 1.82) is 0 Å². The highest BCUT2D eigenvalue weighted by Crippen LogP contribution is 2.33. The molecule has 3 aromatic rings. The van der Waals surface area contributed by atoms with Crippen molar-refractivity contribution in [3.8, 4) is 0 Å². The number of nitrogens with one attached hydrogen (secondary N) is 2. The number of hydrazine groups is 1. The van der Waals surface area contributed by atoms with Crippen LogP contribution in [0, 0.1) is 6.92 Å². The van der Waals surface area contributed by atoms with Gasteiger partial charge in [-0.1, -0.05) is 51.7 Å². The minimum Gasteiger partial charge on any atom is -0.361 e. The van der Waals surface area contributed by atoms with Gasteiger partial charge in [-0.05, 0) is 31.2 Å². The van der Waals surface area contributed by atoms with Crippen molar-refractivity contribution >= 4 is 58.2 Å². The van der Waals surface area contributed by atoms with Gasteiger partial charge in [0, 0.05) is 23.0 Å². The zero-order valence-electron chi connectivity index (χ0n) is 13.9. The number of rotatable bonds is 6. The van der Waals surface area contributed by atoms with Crippen LogP contribution in [0.4, 0.5) is 5.69 Å². The average Bonchev–Trinajstić information content (AvgIpc) is 3.04. The summed E-state index contributed by atoms with van der Waals surface area (Å²) in [6.45, 7) is 1.82. The maximum Gasteiger partial charge on any atom is 0.272 e. The molecule has 0 fully saturated rings. The molecule has 1 amide bonds. The number of carbonyl (C=O) groups is 1. The fourth-order valence-electron chi connectivity index (χ4n) is 2.16. The summed E-state index contributed by atoms with van der Waals surface area (Å²) in [4.78, 5) is 16.8. The third-order valence-electron chi connectivity index (χ3n) is 3.36. The fourth-order valence-corrected chi connectivity index (χ4v) is 3.94. The molecule has 0 saturated heterocycles. The van der Waals surface area contributed by atoms with Gasteiger partial charge in [0.05, 0.1) is 27.0 Å². The first kappa shape index (κ1) is 19.8. The maximum atomic E-state index is 12.6. The van der Waals surface area contributed by atoms with Gasteiger partial charge in [0.15, 0.2) is 0 Å². The quantitative estimate of drug-likeness (QED) is 0.393. The van der Waals surface area contributed by atoms with Gasteiger partial charge >= 0.3 is 0 Å². The molecule has 27 heavy (non-hydrogen) atoms. The van der Waals surface area contributed by atoms with E-state index in [0.717, 1.165) is 11.5 Å². The topological polar surface area (TPSA) is 80.0 Å². The van der Waals surface area contributed by atoms with E-state index < -0.39 is 0 Å². The van der Waals surface area contributed by atoms with E-state index in [0.29, 0.717) is 27.1 Å². The van der Waals surface area contributed by atoms with Crippen LogP contribution in [0.25, 0.3) is 0 Å². The number of hydrogen-bond acceptors (Lipinski definition) is 6. The number of hydrogen-bond donors (Lipinski definition) is 2. The van der Waals surface area contributed by atoms with E-state index in [1.54, 1.807) is 18.3 Å². The minimum atomic E-state index is -0.385. The van der Waals surface area contributed by atoms with E-state index in [9.17, 15) is 4.79 Å². The van der Waals surface area contributed by atoms with Crippen molar-refractivity contribution in [2.24, 2.45) is 0 Å². The van der Waals surface area contributed by atoms with E-state index in [-0.39, 0.29) is 16.0 Å². The molecular weight excluding hydrogens is 431 g/mol. The van der Waals surface area contributed by atoms with E-state index in [1.165, 1.54) is 23.9 Å². The molecule has 1 aromatic carbocycles. The van der Waals surface area contributed by atoms with Crippen LogP contribution in [0.2, 0.25) is 15.1 Å². The van der Waals surface area contributed by atoms with Gasteiger partial charge < -0.3 is 4.52 Å². The molecule has 6 nitrogen and oxygen atoms in total. The predicted octanol–water partition coefficient (Wildman–Crippen LogP) is 5.39. The Balaban J connectivity index is 1.70. The van der Waals surface area contributed by atoms with Crippen molar-refractivity contribution in [1.82, 2.24) is 15.6 Å². The third-order valence-corrected chi connectivity index (χ3v) is 5.21. The highest BCUT2D eigenvalue weighted by molar-refractivity contribution is 7.98. The van der Waals surface area contributed by atoms with Crippen molar-refractivity contribution < 1.29 is 9.32 Å². The number of carbonyl (C=O) groups excluding carboxylic acids is 1. The molecule has 140 valence electrons. The van der Waals surface area contributed by atoms with Crippen LogP contribution in [0.1, 0.15) is 21.8 Å². The van der Waals surface area contributed by atoms with Crippen molar-refractivity contribution in [3.63, 3.8) is 0 Å². The van der Waals surface area contributed by atoms with E-state index >= 15 is 0 Å². The van der Waals surface area contributed by atoms with Gasteiger partial charge in [0.1, 0.15) is 10.8 Å². The van der Waals surface area contributed by atoms with Crippen LogP contribution < -0.4 is 10.9 Å². The lowest BCUT2D eigenvalue weighted by Gasteiger charge is -2.13. The van der Waals surface area contributed by atoms with Crippen LogP contribution in [0.3, 0.4) is 0 Å².